The number of carbonyl (C=O) groups excluding carboxylic acids is 3. The van der Waals surface area contributed by atoms with Gasteiger partial charge in [-0.15, -0.1) is 11.6 Å². The van der Waals surface area contributed by atoms with Crippen LogP contribution < -0.4 is 0 Å². The SMILES string of the molecule is CCC(=O)O[C@]1(C(=O)CCl)CC[C@H]2[C@@H]3CCC4=CC(=O)CC[C@]4(CO)[C@H]3[C@@H](O)C[C@@]21C. The summed E-state index contributed by atoms with van der Waals surface area (Å²) >= 11 is 5.99. The molecule has 7 heteroatoms. The highest BCUT2D eigenvalue weighted by atomic mass is 35.5. The Labute approximate surface area is 188 Å². The number of esters is 1. The molecule has 4 aliphatic rings. The Hall–Kier alpha value is -1.24. The topological polar surface area (TPSA) is 101 Å². The monoisotopic (exact) mass is 452 g/mol. The average Bonchev–Trinajstić information content (AvgIpc) is 3.05. The third-order valence-corrected chi connectivity index (χ3v) is 9.42. The molecule has 0 aromatic heterocycles. The Bertz CT molecular complexity index is 823. The number of fused-ring (bicyclic) bond motifs is 5. The van der Waals surface area contributed by atoms with Crippen molar-refractivity contribution in [2.75, 3.05) is 12.5 Å². The number of aliphatic hydroxyl groups is 2. The number of ether oxygens (including phenoxy) is 1. The van der Waals surface area contributed by atoms with Crippen LogP contribution in [0.15, 0.2) is 11.6 Å². The number of rotatable bonds is 5. The van der Waals surface area contributed by atoms with E-state index in [0.29, 0.717) is 38.5 Å². The van der Waals surface area contributed by atoms with Gasteiger partial charge >= 0.3 is 5.97 Å². The number of ketones is 2. The molecule has 172 valence electrons. The van der Waals surface area contributed by atoms with E-state index in [1.807, 2.05) is 6.92 Å². The Kier molecular flexibility index (Phi) is 5.89. The molecule has 3 saturated carbocycles. The van der Waals surface area contributed by atoms with Crippen LogP contribution >= 0.6 is 11.6 Å². The van der Waals surface area contributed by atoms with Crippen molar-refractivity contribution in [3.63, 3.8) is 0 Å². The van der Waals surface area contributed by atoms with Crippen molar-refractivity contribution in [3.05, 3.63) is 11.6 Å². The van der Waals surface area contributed by atoms with Gasteiger partial charge in [0.1, 0.15) is 0 Å². The maximum Gasteiger partial charge on any atom is 0.306 e. The van der Waals surface area contributed by atoms with Crippen molar-refractivity contribution >= 4 is 29.1 Å². The molecule has 0 heterocycles. The molecule has 0 aromatic carbocycles. The first-order chi connectivity index (χ1) is 14.7. The highest BCUT2D eigenvalue weighted by Gasteiger charge is 2.70. The predicted molar refractivity (Wildman–Crippen MR) is 114 cm³/mol. The fourth-order valence-electron chi connectivity index (χ4n) is 7.80. The van der Waals surface area contributed by atoms with E-state index in [1.165, 1.54) is 0 Å². The van der Waals surface area contributed by atoms with E-state index in [9.17, 15) is 24.6 Å². The van der Waals surface area contributed by atoms with Crippen molar-refractivity contribution in [1.82, 2.24) is 0 Å². The molecule has 31 heavy (non-hydrogen) atoms. The largest absolute Gasteiger partial charge is 0.450 e. The van der Waals surface area contributed by atoms with E-state index in [1.54, 1.807) is 13.0 Å². The molecule has 0 unspecified atom stereocenters. The van der Waals surface area contributed by atoms with Gasteiger partial charge in [-0.3, -0.25) is 14.4 Å². The van der Waals surface area contributed by atoms with Gasteiger partial charge in [0, 0.05) is 23.7 Å². The zero-order valence-electron chi connectivity index (χ0n) is 18.4. The van der Waals surface area contributed by atoms with Crippen LogP contribution in [0.5, 0.6) is 0 Å². The van der Waals surface area contributed by atoms with Gasteiger partial charge in [-0.05, 0) is 62.4 Å². The molecule has 7 atom stereocenters. The molecule has 6 nitrogen and oxygen atoms in total. The fourth-order valence-corrected chi connectivity index (χ4v) is 8.02. The summed E-state index contributed by atoms with van der Waals surface area (Å²) in [5.74, 6) is -0.887. The van der Waals surface area contributed by atoms with E-state index in [0.717, 1.165) is 12.0 Å². The van der Waals surface area contributed by atoms with Gasteiger partial charge in [0.25, 0.3) is 0 Å². The third kappa shape index (κ3) is 3.08. The summed E-state index contributed by atoms with van der Waals surface area (Å²) in [6.07, 6.45) is 4.94. The first kappa shape index (κ1) is 22.9. The Balaban J connectivity index is 1.77. The van der Waals surface area contributed by atoms with E-state index in [-0.39, 0.29) is 48.2 Å². The summed E-state index contributed by atoms with van der Waals surface area (Å²) in [6.45, 7) is 3.58. The first-order valence-electron chi connectivity index (χ1n) is 11.5. The normalized spacial score (nSPS) is 44.0. The lowest BCUT2D eigenvalue weighted by Crippen LogP contribution is -2.63. The van der Waals surface area contributed by atoms with Crippen molar-refractivity contribution in [3.8, 4) is 0 Å². The molecule has 0 spiro atoms. The van der Waals surface area contributed by atoms with Crippen LogP contribution in [0.1, 0.15) is 65.2 Å². The fraction of sp³-hybridized carbons (Fsp3) is 0.792. The van der Waals surface area contributed by atoms with Crippen LogP contribution in [0.2, 0.25) is 0 Å². The number of alkyl halides is 1. The summed E-state index contributed by atoms with van der Waals surface area (Å²) < 4.78 is 5.88. The molecule has 0 radical (unpaired) electrons. The lowest BCUT2D eigenvalue weighted by atomic mass is 9.45. The summed E-state index contributed by atoms with van der Waals surface area (Å²) in [5, 5.41) is 22.0. The second kappa shape index (κ2) is 7.96. The third-order valence-electron chi connectivity index (χ3n) is 9.18. The highest BCUT2D eigenvalue weighted by molar-refractivity contribution is 6.29. The van der Waals surface area contributed by atoms with Gasteiger partial charge < -0.3 is 14.9 Å². The lowest BCUT2D eigenvalue weighted by Gasteiger charge is -2.61. The minimum Gasteiger partial charge on any atom is -0.450 e. The zero-order chi connectivity index (χ0) is 22.6. The molecule has 0 aliphatic heterocycles. The van der Waals surface area contributed by atoms with Crippen LogP contribution in [-0.2, 0) is 19.1 Å². The van der Waals surface area contributed by atoms with E-state index in [2.05, 4.69) is 0 Å². The first-order valence-corrected chi connectivity index (χ1v) is 12.1. The molecule has 0 bridgehead atoms. The summed E-state index contributed by atoms with van der Waals surface area (Å²) in [4.78, 5) is 37.5. The lowest BCUT2D eigenvalue weighted by molar-refractivity contribution is -0.202. The Morgan fingerprint density at radius 1 is 1.26 bits per heavy atom. The van der Waals surface area contributed by atoms with E-state index < -0.39 is 28.5 Å². The molecule has 2 N–H and O–H groups in total. The molecule has 0 saturated heterocycles. The molecular formula is C24H33ClO6. The minimum absolute atomic E-state index is 0.0697. The van der Waals surface area contributed by atoms with Crippen LogP contribution in [0.3, 0.4) is 0 Å². The maximum atomic E-state index is 13.1. The molecule has 3 fully saturated rings. The van der Waals surface area contributed by atoms with Gasteiger partial charge in [-0.25, -0.2) is 0 Å². The van der Waals surface area contributed by atoms with Crippen LogP contribution in [0.4, 0.5) is 0 Å². The second-order valence-corrected chi connectivity index (χ2v) is 10.5. The maximum absolute atomic E-state index is 13.1. The summed E-state index contributed by atoms with van der Waals surface area (Å²) in [6, 6.07) is 0. The standard InChI is InChI=1S/C24H33ClO6/c1-3-20(30)31-24(19(29)12-25)9-7-17-16-5-4-14-10-15(27)6-8-23(14,13-26)21(16)18(28)11-22(17,24)2/h10,16-18,21,26,28H,3-9,11-13H2,1-2H3/t16-,17-,18-,21+,22-,23+,24-/m0/s1. The zero-order valence-corrected chi connectivity index (χ0v) is 19.1. The Morgan fingerprint density at radius 2 is 2.00 bits per heavy atom. The van der Waals surface area contributed by atoms with Gasteiger partial charge in [-0.1, -0.05) is 19.4 Å². The summed E-state index contributed by atoms with van der Waals surface area (Å²) in [5.41, 5.74) is -1.65. The molecule has 4 aliphatic carbocycles. The number of halogens is 1. The minimum atomic E-state index is -1.32. The van der Waals surface area contributed by atoms with Gasteiger partial charge in [-0.2, -0.15) is 0 Å². The number of hydrogen-bond donors (Lipinski definition) is 2. The van der Waals surface area contributed by atoms with Crippen molar-refractivity contribution in [2.45, 2.75) is 76.9 Å². The van der Waals surface area contributed by atoms with Crippen LogP contribution in [-0.4, -0.2) is 51.9 Å². The average molecular weight is 453 g/mol. The Morgan fingerprint density at radius 3 is 2.65 bits per heavy atom. The van der Waals surface area contributed by atoms with Gasteiger partial charge in [0.15, 0.2) is 17.2 Å². The van der Waals surface area contributed by atoms with E-state index in [4.69, 9.17) is 16.3 Å². The van der Waals surface area contributed by atoms with E-state index >= 15 is 0 Å². The van der Waals surface area contributed by atoms with Gasteiger partial charge in [0.05, 0.1) is 18.6 Å². The number of Topliss-reactive ketones (excluding diaryl/α,β-unsaturated/α-hetero) is 1. The van der Waals surface area contributed by atoms with Crippen molar-refractivity contribution in [1.29, 1.82) is 0 Å². The second-order valence-electron chi connectivity index (χ2n) is 10.2. The van der Waals surface area contributed by atoms with Crippen molar-refractivity contribution < 1.29 is 29.3 Å². The van der Waals surface area contributed by atoms with Crippen LogP contribution in [0.25, 0.3) is 0 Å². The molecular weight excluding hydrogens is 420 g/mol. The number of aliphatic hydroxyl groups excluding tert-OH is 2. The quantitative estimate of drug-likeness (QED) is 0.491. The molecule has 0 aromatic rings. The van der Waals surface area contributed by atoms with Crippen molar-refractivity contribution in [2.24, 2.45) is 28.6 Å². The summed E-state index contributed by atoms with van der Waals surface area (Å²) in [7, 11) is 0. The number of hydrogen-bond acceptors (Lipinski definition) is 6. The molecule has 4 rings (SSSR count). The smallest absolute Gasteiger partial charge is 0.306 e. The highest BCUT2D eigenvalue weighted by Crippen LogP contribution is 2.68. The predicted octanol–water partition coefficient (Wildman–Crippen LogP) is 2.96. The van der Waals surface area contributed by atoms with Gasteiger partial charge in [0.2, 0.25) is 0 Å². The number of carbonyl (C=O) groups is 3. The van der Waals surface area contributed by atoms with Crippen LogP contribution in [0, 0.1) is 28.6 Å². The molecule has 0 amide bonds.